The number of halogens is 1. The lowest BCUT2D eigenvalue weighted by molar-refractivity contribution is 0.297. The van der Waals surface area contributed by atoms with Crippen LogP contribution in [0.2, 0.25) is 0 Å². The molecule has 1 aliphatic rings. The van der Waals surface area contributed by atoms with Crippen LogP contribution < -0.4 is 14.8 Å². The number of furan rings is 1. The zero-order chi connectivity index (χ0) is 13.9. The molecule has 0 saturated heterocycles. The molecule has 1 unspecified atom stereocenters. The van der Waals surface area contributed by atoms with Crippen LogP contribution in [0.15, 0.2) is 39.6 Å². The molecule has 2 heterocycles. The molecule has 0 amide bonds. The molecule has 1 N–H and O–H groups in total. The lowest BCUT2D eigenvalue weighted by atomic mass is 10.0. The van der Waals surface area contributed by atoms with Gasteiger partial charge in [0.25, 0.3) is 0 Å². The normalized spacial score (nSPS) is 15.7. The Labute approximate surface area is 126 Å². The van der Waals surface area contributed by atoms with Crippen molar-refractivity contribution >= 4 is 15.9 Å². The van der Waals surface area contributed by atoms with E-state index in [0.717, 1.165) is 33.5 Å². The fraction of sp³-hybridized carbons (Fsp3) is 0.333. The summed E-state index contributed by atoms with van der Waals surface area (Å²) < 4.78 is 17.6. The van der Waals surface area contributed by atoms with E-state index >= 15 is 0 Å². The van der Waals surface area contributed by atoms with Crippen molar-refractivity contribution in [3.63, 3.8) is 0 Å². The maximum Gasteiger partial charge on any atom is 0.162 e. The molecule has 5 heteroatoms. The van der Waals surface area contributed by atoms with Crippen molar-refractivity contribution in [1.29, 1.82) is 0 Å². The largest absolute Gasteiger partial charge is 0.490 e. The number of hydrogen-bond acceptors (Lipinski definition) is 4. The van der Waals surface area contributed by atoms with Crippen LogP contribution in [0.5, 0.6) is 11.5 Å². The van der Waals surface area contributed by atoms with Crippen LogP contribution >= 0.6 is 15.9 Å². The molecule has 106 valence electrons. The molecule has 3 rings (SSSR count). The minimum absolute atomic E-state index is 0.0419. The standard InChI is InChI=1S/C15H16BrNO3/c1-17-15(10-3-6-18-9-10)11-7-13-14(8-12(11)16)20-5-2-4-19-13/h3,6-9,15,17H,2,4-5H2,1H3. The van der Waals surface area contributed by atoms with Gasteiger partial charge in [0.2, 0.25) is 0 Å². The summed E-state index contributed by atoms with van der Waals surface area (Å²) in [5.74, 6) is 1.59. The first-order valence-electron chi connectivity index (χ1n) is 6.58. The lowest BCUT2D eigenvalue weighted by Crippen LogP contribution is -2.17. The Balaban J connectivity index is 2.02. The van der Waals surface area contributed by atoms with Crippen LogP contribution in [0.25, 0.3) is 0 Å². The van der Waals surface area contributed by atoms with Crippen molar-refractivity contribution in [2.45, 2.75) is 12.5 Å². The predicted molar refractivity (Wildman–Crippen MR) is 79.4 cm³/mol. The fourth-order valence-corrected chi connectivity index (χ4v) is 2.91. The summed E-state index contributed by atoms with van der Waals surface area (Å²) in [5, 5.41) is 3.30. The van der Waals surface area contributed by atoms with E-state index in [-0.39, 0.29) is 6.04 Å². The van der Waals surface area contributed by atoms with E-state index in [4.69, 9.17) is 13.9 Å². The maximum absolute atomic E-state index is 5.76. The zero-order valence-electron chi connectivity index (χ0n) is 11.2. The lowest BCUT2D eigenvalue weighted by Gasteiger charge is -2.19. The molecule has 0 saturated carbocycles. The molecule has 20 heavy (non-hydrogen) atoms. The highest BCUT2D eigenvalue weighted by atomic mass is 79.9. The van der Waals surface area contributed by atoms with Gasteiger partial charge in [-0.05, 0) is 30.8 Å². The quantitative estimate of drug-likeness (QED) is 0.930. The highest BCUT2D eigenvalue weighted by Gasteiger charge is 2.20. The van der Waals surface area contributed by atoms with Gasteiger partial charge in [0, 0.05) is 16.5 Å². The van der Waals surface area contributed by atoms with Gasteiger partial charge in [-0.25, -0.2) is 0 Å². The van der Waals surface area contributed by atoms with Gasteiger partial charge in [0.15, 0.2) is 11.5 Å². The van der Waals surface area contributed by atoms with Crippen molar-refractivity contribution in [3.05, 3.63) is 46.3 Å². The van der Waals surface area contributed by atoms with Gasteiger partial charge in [0.05, 0.1) is 31.8 Å². The van der Waals surface area contributed by atoms with Crippen LogP contribution in [0, 0.1) is 0 Å². The Bertz CT molecular complexity index is 583. The van der Waals surface area contributed by atoms with E-state index in [0.29, 0.717) is 13.2 Å². The monoisotopic (exact) mass is 337 g/mol. The highest BCUT2D eigenvalue weighted by molar-refractivity contribution is 9.10. The summed E-state index contributed by atoms with van der Waals surface area (Å²) in [6.07, 6.45) is 4.33. The van der Waals surface area contributed by atoms with Crippen LogP contribution in [0.1, 0.15) is 23.6 Å². The third-order valence-electron chi connectivity index (χ3n) is 3.34. The number of rotatable bonds is 3. The number of ether oxygens (including phenoxy) is 2. The van der Waals surface area contributed by atoms with Crippen LogP contribution in [-0.4, -0.2) is 20.3 Å². The second-order valence-electron chi connectivity index (χ2n) is 4.65. The van der Waals surface area contributed by atoms with E-state index in [9.17, 15) is 0 Å². The van der Waals surface area contributed by atoms with E-state index in [2.05, 4.69) is 21.2 Å². The van der Waals surface area contributed by atoms with Crippen molar-refractivity contribution in [3.8, 4) is 11.5 Å². The Morgan fingerprint density at radius 2 is 1.95 bits per heavy atom. The smallest absolute Gasteiger partial charge is 0.162 e. The summed E-state index contributed by atoms with van der Waals surface area (Å²) in [6, 6.07) is 6.00. The Kier molecular flexibility index (Phi) is 3.98. The predicted octanol–water partition coefficient (Wildman–Crippen LogP) is 3.51. The molecule has 4 nitrogen and oxygen atoms in total. The van der Waals surface area contributed by atoms with E-state index in [1.165, 1.54) is 0 Å². The topological polar surface area (TPSA) is 43.6 Å². The molecule has 0 bridgehead atoms. The molecule has 1 aromatic heterocycles. The van der Waals surface area contributed by atoms with Crippen molar-refractivity contribution < 1.29 is 13.9 Å². The fourth-order valence-electron chi connectivity index (χ4n) is 2.36. The van der Waals surface area contributed by atoms with Crippen molar-refractivity contribution in [1.82, 2.24) is 5.32 Å². The Morgan fingerprint density at radius 3 is 2.60 bits per heavy atom. The number of fused-ring (bicyclic) bond motifs is 1. The average Bonchev–Trinajstić information content (AvgIpc) is 2.87. The zero-order valence-corrected chi connectivity index (χ0v) is 12.8. The van der Waals surface area contributed by atoms with E-state index in [1.54, 1.807) is 12.5 Å². The SMILES string of the molecule is CNC(c1ccoc1)c1cc2c(cc1Br)OCCCO2. The maximum atomic E-state index is 5.76. The number of nitrogens with one attached hydrogen (secondary N) is 1. The van der Waals surface area contributed by atoms with E-state index < -0.39 is 0 Å². The molecule has 1 aromatic carbocycles. The number of hydrogen-bond donors (Lipinski definition) is 1. The van der Waals surface area contributed by atoms with E-state index in [1.807, 2.05) is 25.2 Å². The Morgan fingerprint density at radius 1 is 1.20 bits per heavy atom. The second-order valence-corrected chi connectivity index (χ2v) is 5.50. The average molecular weight is 338 g/mol. The van der Waals surface area contributed by atoms with Crippen LogP contribution in [0.3, 0.4) is 0 Å². The molecule has 2 aromatic rings. The summed E-state index contributed by atoms with van der Waals surface area (Å²) in [7, 11) is 1.92. The van der Waals surface area contributed by atoms with Gasteiger partial charge in [-0.3, -0.25) is 0 Å². The second kappa shape index (κ2) is 5.89. The minimum atomic E-state index is 0.0419. The molecule has 0 spiro atoms. The summed E-state index contributed by atoms with van der Waals surface area (Å²) >= 11 is 3.62. The summed E-state index contributed by atoms with van der Waals surface area (Å²) in [4.78, 5) is 0. The Hall–Kier alpha value is -1.46. The molecule has 0 radical (unpaired) electrons. The van der Waals surface area contributed by atoms with Gasteiger partial charge in [0.1, 0.15) is 0 Å². The van der Waals surface area contributed by atoms with Gasteiger partial charge >= 0.3 is 0 Å². The third-order valence-corrected chi connectivity index (χ3v) is 4.03. The van der Waals surface area contributed by atoms with Crippen LogP contribution in [0.4, 0.5) is 0 Å². The molecule has 1 aliphatic heterocycles. The van der Waals surface area contributed by atoms with Gasteiger partial charge in [-0.1, -0.05) is 15.9 Å². The molecular weight excluding hydrogens is 322 g/mol. The first-order valence-corrected chi connectivity index (χ1v) is 7.37. The van der Waals surface area contributed by atoms with Gasteiger partial charge < -0.3 is 19.2 Å². The third kappa shape index (κ3) is 2.55. The molecule has 0 aliphatic carbocycles. The molecule has 0 fully saturated rings. The minimum Gasteiger partial charge on any atom is -0.490 e. The van der Waals surface area contributed by atoms with Crippen molar-refractivity contribution in [2.75, 3.05) is 20.3 Å². The molecular formula is C15H16BrNO3. The van der Waals surface area contributed by atoms with Gasteiger partial charge in [-0.2, -0.15) is 0 Å². The number of benzene rings is 1. The first kappa shape index (κ1) is 13.5. The highest BCUT2D eigenvalue weighted by Crippen LogP contribution is 2.39. The molecule has 1 atom stereocenters. The summed E-state index contributed by atoms with van der Waals surface area (Å²) in [6.45, 7) is 1.37. The summed E-state index contributed by atoms with van der Waals surface area (Å²) in [5.41, 5.74) is 2.17. The first-order chi connectivity index (χ1) is 9.79. The van der Waals surface area contributed by atoms with Gasteiger partial charge in [-0.15, -0.1) is 0 Å². The van der Waals surface area contributed by atoms with Crippen molar-refractivity contribution in [2.24, 2.45) is 0 Å². The van der Waals surface area contributed by atoms with Crippen LogP contribution in [-0.2, 0) is 0 Å².